The van der Waals surface area contributed by atoms with Gasteiger partial charge in [-0.05, 0) is 43.2 Å². The Hall–Kier alpha value is -0.380. The second kappa shape index (κ2) is 5.09. The Morgan fingerprint density at radius 1 is 1.53 bits per heavy atom. The molecule has 1 aromatic rings. The zero-order valence-electron chi connectivity index (χ0n) is 10.6. The normalized spacial score (nSPS) is 31.4. The summed E-state index contributed by atoms with van der Waals surface area (Å²) in [5, 5.41) is 5.90. The first-order chi connectivity index (χ1) is 8.38. The Morgan fingerprint density at radius 3 is 3.18 bits per heavy atom. The number of likely N-dealkylation sites (tertiary alicyclic amines) is 1. The number of hydrogen-bond donors (Lipinski definition) is 1. The Bertz CT molecular complexity index is 335. The third kappa shape index (κ3) is 2.28. The standard InChI is InChI=1S/C14H22N2S/c1-2-13(14-6-4-8-17-14)16-9-11-5-3-7-15-12(11)10-16/h4,6,8,11-13,15H,2-3,5,7,9-10H2,1H3. The van der Waals surface area contributed by atoms with Crippen molar-refractivity contribution in [1.82, 2.24) is 10.2 Å². The number of nitrogens with zero attached hydrogens (tertiary/aromatic N) is 1. The van der Waals surface area contributed by atoms with Crippen molar-refractivity contribution < 1.29 is 0 Å². The molecule has 0 radical (unpaired) electrons. The van der Waals surface area contributed by atoms with E-state index in [0.29, 0.717) is 6.04 Å². The molecule has 2 aliphatic heterocycles. The predicted molar refractivity (Wildman–Crippen MR) is 73.4 cm³/mol. The van der Waals surface area contributed by atoms with E-state index in [4.69, 9.17) is 0 Å². The maximum absolute atomic E-state index is 3.70. The summed E-state index contributed by atoms with van der Waals surface area (Å²) in [6, 6.07) is 5.90. The van der Waals surface area contributed by atoms with Gasteiger partial charge in [0.25, 0.3) is 0 Å². The number of piperidine rings is 1. The minimum absolute atomic E-state index is 0.655. The molecule has 0 aliphatic carbocycles. The van der Waals surface area contributed by atoms with Gasteiger partial charge < -0.3 is 5.32 Å². The zero-order chi connectivity index (χ0) is 11.7. The van der Waals surface area contributed by atoms with Crippen molar-refractivity contribution >= 4 is 11.3 Å². The number of nitrogens with one attached hydrogen (secondary N) is 1. The lowest BCUT2D eigenvalue weighted by Crippen LogP contribution is -2.40. The topological polar surface area (TPSA) is 15.3 Å². The van der Waals surface area contributed by atoms with Gasteiger partial charge >= 0.3 is 0 Å². The van der Waals surface area contributed by atoms with E-state index >= 15 is 0 Å². The molecule has 0 aromatic carbocycles. The van der Waals surface area contributed by atoms with Crippen molar-refractivity contribution in [1.29, 1.82) is 0 Å². The van der Waals surface area contributed by atoms with Gasteiger partial charge in [0.1, 0.15) is 0 Å². The van der Waals surface area contributed by atoms with Gasteiger partial charge in [-0.25, -0.2) is 0 Å². The molecule has 3 atom stereocenters. The molecular formula is C14H22N2S. The Labute approximate surface area is 108 Å². The van der Waals surface area contributed by atoms with Gasteiger partial charge in [0, 0.05) is 30.1 Å². The van der Waals surface area contributed by atoms with E-state index in [1.807, 2.05) is 11.3 Å². The maximum atomic E-state index is 3.70. The summed E-state index contributed by atoms with van der Waals surface area (Å²) in [5.74, 6) is 0.901. The monoisotopic (exact) mass is 250 g/mol. The van der Waals surface area contributed by atoms with E-state index in [0.717, 1.165) is 12.0 Å². The first-order valence-corrected chi connectivity index (χ1v) is 7.77. The largest absolute Gasteiger partial charge is 0.312 e. The molecule has 0 bridgehead atoms. The molecule has 0 amide bonds. The lowest BCUT2D eigenvalue weighted by atomic mass is 9.94. The van der Waals surface area contributed by atoms with Crippen molar-refractivity contribution in [2.45, 2.75) is 38.3 Å². The zero-order valence-corrected chi connectivity index (χ0v) is 11.4. The summed E-state index contributed by atoms with van der Waals surface area (Å²) in [6.45, 7) is 6.10. The average Bonchev–Trinajstić information content (AvgIpc) is 2.98. The van der Waals surface area contributed by atoms with Crippen LogP contribution >= 0.6 is 11.3 Å². The summed E-state index contributed by atoms with van der Waals surface area (Å²) in [4.78, 5) is 4.26. The van der Waals surface area contributed by atoms with Crippen LogP contribution in [0.2, 0.25) is 0 Å². The van der Waals surface area contributed by atoms with Crippen LogP contribution < -0.4 is 5.32 Å². The molecule has 3 heteroatoms. The van der Waals surface area contributed by atoms with Gasteiger partial charge in [-0.2, -0.15) is 0 Å². The van der Waals surface area contributed by atoms with Crippen LogP contribution in [0.5, 0.6) is 0 Å². The maximum Gasteiger partial charge on any atom is 0.0439 e. The van der Waals surface area contributed by atoms with E-state index in [1.54, 1.807) is 4.88 Å². The minimum Gasteiger partial charge on any atom is -0.312 e. The van der Waals surface area contributed by atoms with Crippen LogP contribution in [0.1, 0.15) is 37.1 Å². The van der Waals surface area contributed by atoms with Gasteiger partial charge in [0.2, 0.25) is 0 Å². The van der Waals surface area contributed by atoms with Gasteiger partial charge in [-0.15, -0.1) is 11.3 Å². The molecule has 17 heavy (non-hydrogen) atoms. The SMILES string of the molecule is CCC(c1cccs1)N1CC2CCCNC2C1. The Balaban J connectivity index is 1.72. The molecule has 2 saturated heterocycles. The van der Waals surface area contributed by atoms with Gasteiger partial charge in [0.15, 0.2) is 0 Å². The predicted octanol–water partition coefficient (Wildman–Crippen LogP) is 2.88. The molecule has 0 spiro atoms. The van der Waals surface area contributed by atoms with Crippen LogP contribution in [-0.4, -0.2) is 30.6 Å². The van der Waals surface area contributed by atoms with Crippen molar-refractivity contribution in [3.63, 3.8) is 0 Å². The third-order valence-electron chi connectivity index (χ3n) is 4.33. The highest BCUT2D eigenvalue weighted by Crippen LogP contribution is 2.34. The Kier molecular flexibility index (Phi) is 3.50. The second-order valence-corrected chi connectivity index (χ2v) is 6.34. The smallest absolute Gasteiger partial charge is 0.0439 e. The van der Waals surface area contributed by atoms with E-state index in [-0.39, 0.29) is 0 Å². The van der Waals surface area contributed by atoms with Crippen molar-refractivity contribution in [2.75, 3.05) is 19.6 Å². The van der Waals surface area contributed by atoms with Crippen molar-refractivity contribution in [3.8, 4) is 0 Å². The number of fused-ring (bicyclic) bond motifs is 1. The van der Waals surface area contributed by atoms with Crippen LogP contribution in [0, 0.1) is 5.92 Å². The molecule has 2 aliphatic rings. The summed E-state index contributed by atoms with van der Waals surface area (Å²) in [6.07, 6.45) is 4.03. The fourth-order valence-electron chi connectivity index (χ4n) is 3.45. The Morgan fingerprint density at radius 2 is 2.47 bits per heavy atom. The number of rotatable bonds is 3. The summed E-state index contributed by atoms with van der Waals surface area (Å²) in [5.41, 5.74) is 0. The van der Waals surface area contributed by atoms with E-state index in [1.165, 1.54) is 38.9 Å². The highest BCUT2D eigenvalue weighted by atomic mass is 32.1. The van der Waals surface area contributed by atoms with Crippen molar-refractivity contribution in [3.05, 3.63) is 22.4 Å². The number of thiophene rings is 1. The lowest BCUT2D eigenvalue weighted by molar-refractivity contribution is 0.232. The molecule has 1 aromatic heterocycles. The van der Waals surface area contributed by atoms with E-state index < -0.39 is 0 Å². The summed E-state index contributed by atoms with van der Waals surface area (Å²) in [7, 11) is 0. The van der Waals surface area contributed by atoms with Gasteiger partial charge in [-0.3, -0.25) is 4.90 Å². The van der Waals surface area contributed by atoms with Crippen LogP contribution in [0.25, 0.3) is 0 Å². The highest BCUT2D eigenvalue weighted by molar-refractivity contribution is 7.10. The van der Waals surface area contributed by atoms with Crippen LogP contribution in [0.15, 0.2) is 17.5 Å². The number of hydrogen-bond acceptors (Lipinski definition) is 3. The molecule has 3 rings (SSSR count). The van der Waals surface area contributed by atoms with Gasteiger partial charge in [-0.1, -0.05) is 13.0 Å². The molecule has 1 N–H and O–H groups in total. The molecule has 3 unspecified atom stereocenters. The molecule has 0 saturated carbocycles. The van der Waals surface area contributed by atoms with Gasteiger partial charge in [0.05, 0.1) is 0 Å². The molecule has 2 fully saturated rings. The minimum atomic E-state index is 0.655. The van der Waals surface area contributed by atoms with E-state index in [9.17, 15) is 0 Å². The first kappa shape index (κ1) is 11.7. The molecule has 2 nitrogen and oxygen atoms in total. The first-order valence-electron chi connectivity index (χ1n) is 6.89. The molecule has 94 valence electrons. The summed E-state index contributed by atoms with van der Waals surface area (Å²) < 4.78 is 0. The fourth-order valence-corrected chi connectivity index (χ4v) is 4.40. The van der Waals surface area contributed by atoms with E-state index in [2.05, 4.69) is 34.7 Å². The molecular weight excluding hydrogens is 228 g/mol. The lowest BCUT2D eigenvalue weighted by Gasteiger charge is -2.26. The van der Waals surface area contributed by atoms with Crippen molar-refractivity contribution in [2.24, 2.45) is 5.92 Å². The van der Waals surface area contributed by atoms with Crippen LogP contribution in [0.3, 0.4) is 0 Å². The fraction of sp³-hybridized carbons (Fsp3) is 0.714. The highest BCUT2D eigenvalue weighted by Gasteiger charge is 2.37. The molecule has 3 heterocycles. The second-order valence-electron chi connectivity index (χ2n) is 5.36. The summed E-state index contributed by atoms with van der Waals surface area (Å²) >= 11 is 1.91. The average molecular weight is 250 g/mol. The van der Waals surface area contributed by atoms with Crippen LogP contribution in [0.4, 0.5) is 0 Å². The van der Waals surface area contributed by atoms with Crippen LogP contribution in [-0.2, 0) is 0 Å². The quantitative estimate of drug-likeness (QED) is 0.887. The third-order valence-corrected chi connectivity index (χ3v) is 5.30.